The molecule has 0 aromatic heterocycles. The van der Waals surface area contributed by atoms with Gasteiger partial charge in [-0.15, -0.1) is 0 Å². The highest BCUT2D eigenvalue weighted by Gasteiger charge is 2.30. The smallest absolute Gasteiger partial charge is 0.265 e. The third-order valence-corrected chi connectivity index (χ3v) is 7.38. The van der Waals surface area contributed by atoms with Gasteiger partial charge in [0.1, 0.15) is 16.4 Å². The summed E-state index contributed by atoms with van der Waals surface area (Å²) in [7, 11) is -2.39. The Morgan fingerprint density at radius 1 is 1.09 bits per heavy atom. The summed E-state index contributed by atoms with van der Waals surface area (Å²) in [6.07, 6.45) is -0.781. The molecule has 1 fully saturated rings. The first-order chi connectivity index (χ1) is 15.1. The van der Waals surface area contributed by atoms with Crippen molar-refractivity contribution in [3.63, 3.8) is 0 Å². The monoisotopic (exact) mass is 462 g/mol. The van der Waals surface area contributed by atoms with Crippen LogP contribution >= 0.6 is 0 Å². The van der Waals surface area contributed by atoms with E-state index in [4.69, 9.17) is 14.2 Å². The highest BCUT2D eigenvalue weighted by atomic mass is 32.2. The molecule has 8 nitrogen and oxygen atoms in total. The number of methoxy groups -OCH3 is 1. The maximum Gasteiger partial charge on any atom is 0.265 e. The number of rotatable bonds is 7. The van der Waals surface area contributed by atoms with E-state index in [1.807, 2.05) is 26.8 Å². The van der Waals surface area contributed by atoms with Crippen LogP contribution in [0.15, 0.2) is 35.2 Å². The maximum atomic E-state index is 13.1. The molecule has 3 rings (SSSR count). The summed E-state index contributed by atoms with van der Waals surface area (Å²) >= 11 is 0. The molecule has 174 valence electrons. The topological polar surface area (TPSA) is 94.2 Å². The van der Waals surface area contributed by atoms with Crippen LogP contribution in [-0.2, 0) is 19.6 Å². The number of amides is 1. The largest absolute Gasteiger partial charge is 0.495 e. The molecule has 1 N–H and O–H groups in total. The third-order valence-electron chi connectivity index (χ3n) is 5.46. The zero-order valence-corrected chi connectivity index (χ0v) is 19.9. The first-order valence-electron chi connectivity index (χ1n) is 10.4. The molecule has 32 heavy (non-hydrogen) atoms. The van der Waals surface area contributed by atoms with E-state index in [9.17, 15) is 13.2 Å². The zero-order chi connectivity index (χ0) is 23.5. The minimum atomic E-state index is -3.80. The Morgan fingerprint density at radius 3 is 2.44 bits per heavy atom. The number of hydrogen-bond acceptors (Lipinski definition) is 6. The summed E-state index contributed by atoms with van der Waals surface area (Å²) in [5.74, 6) is 0.476. The van der Waals surface area contributed by atoms with Crippen molar-refractivity contribution in [1.82, 2.24) is 4.31 Å². The summed E-state index contributed by atoms with van der Waals surface area (Å²) in [6.45, 7) is 8.77. The average Bonchev–Trinajstić information content (AvgIpc) is 2.77. The molecule has 0 aliphatic carbocycles. The third kappa shape index (κ3) is 5.23. The molecule has 9 heteroatoms. The fraction of sp³-hybridized carbons (Fsp3) is 0.435. The lowest BCUT2D eigenvalue weighted by atomic mass is 10.1. The normalized spacial score (nSPS) is 15.8. The van der Waals surface area contributed by atoms with E-state index < -0.39 is 16.1 Å². The minimum Gasteiger partial charge on any atom is -0.495 e. The Labute approximate surface area is 189 Å². The molecule has 2 aromatic carbocycles. The van der Waals surface area contributed by atoms with Gasteiger partial charge in [0, 0.05) is 18.8 Å². The molecule has 0 bridgehead atoms. The number of sulfonamides is 1. The fourth-order valence-corrected chi connectivity index (χ4v) is 5.08. The van der Waals surface area contributed by atoms with Gasteiger partial charge >= 0.3 is 0 Å². The quantitative estimate of drug-likeness (QED) is 0.680. The van der Waals surface area contributed by atoms with Gasteiger partial charge in [-0.25, -0.2) is 8.42 Å². The highest BCUT2D eigenvalue weighted by molar-refractivity contribution is 7.89. The van der Waals surface area contributed by atoms with E-state index in [1.165, 1.54) is 23.5 Å². The summed E-state index contributed by atoms with van der Waals surface area (Å²) < 4.78 is 44.0. The van der Waals surface area contributed by atoms with E-state index in [-0.39, 0.29) is 29.6 Å². The van der Waals surface area contributed by atoms with E-state index in [0.29, 0.717) is 24.7 Å². The molecule has 1 aliphatic heterocycles. The number of nitrogens with zero attached hydrogens (tertiary/aromatic N) is 1. The molecule has 1 saturated heterocycles. The van der Waals surface area contributed by atoms with Crippen LogP contribution in [0.2, 0.25) is 0 Å². The number of anilines is 1. The molecule has 1 heterocycles. The second-order valence-electron chi connectivity index (χ2n) is 7.84. The van der Waals surface area contributed by atoms with Crippen LogP contribution in [0.5, 0.6) is 11.5 Å². The molecule has 0 spiro atoms. The van der Waals surface area contributed by atoms with E-state index in [1.54, 1.807) is 13.0 Å². The van der Waals surface area contributed by atoms with Crippen LogP contribution in [-0.4, -0.2) is 58.1 Å². The van der Waals surface area contributed by atoms with Crippen molar-refractivity contribution in [2.75, 3.05) is 38.7 Å². The minimum absolute atomic E-state index is 0.00146. The molecular formula is C23H30N2O6S. The maximum absolute atomic E-state index is 13.1. The average molecular weight is 463 g/mol. The van der Waals surface area contributed by atoms with Gasteiger partial charge in [-0.1, -0.05) is 6.07 Å². The zero-order valence-electron chi connectivity index (χ0n) is 19.1. The van der Waals surface area contributed by atoms with Crippen molar-refractivity contribution in [2.24, 2.45) is 0 Å². The predicted octanol–water partition coefficient (Wildman–Crippen LogP) is 3.05. The van der Waals surface area contributed by atoms with Gasteiger partial charge < -0.3 is 19.5 Å². The molecule has 2 aromatic rings. The second kappa shape index (κ2) is 9.89. The molecule has 1 atom stereocenters. The SMILES string of the molecule is COc1ccc(NC(=O)[C@H](C)Oc2cc(C)cc(C)c2C)cc1S(=O)(=O)N1CCOCC1. The van der Waals surface area contributed by atoms with Crippen molar-refractivity contribution in [2.45, 2.75) is 38.7 Å². The number of morpholine rings is 1. The van der Waals surface area contributed by atoms with Crippen molar-refractivity contribution in [1.29, 1.82) is 0 Å². The van der Waals surface area contributed by atoms with Crippen molar-refractivity contribution in [3.05, 3.63) is 47.0 Å². The number of carbonyl (C=O) groups excluding carboxylic acids is 1. The van der Waals surface area contributed by atoms with Crippen LogP contribution in [0.1, 0.15) is 23.6 Å². The van der Waals surface area contributed by atoms with Gasteiger partial charge in [0.2, 0.25) is 10.0 Å². The Kier molecular flexibility index (Phi) is 7.43. The lowest BCUT2D eigenvalue weighted by Gasteiger charge is -2.27. The van der Waals surface area contributed by atoms with Crippen molar-refractivity contribution < 1.29 is 27.4 Å². The van der Waals surface area contributed by atoms with Crippen molar-refractivity contribution in [3.8, 4) is 11.5 Å². The number of ether oxygens (including phenoxy) is 3. The Bertz CT molecular complexity index is 1090. The Hall–Kier alpha value is -2.62. The number of aryl methyl sites for hydroxylation is 2. The molecule has 1 amide bonds. The first kappa shape index (κ1) is 24.0. The van der Waals surface area contributed by atoms with Gasteiger partial charge in [-0.05, 0) is 68.7 Å². The van der Waals surface area contributed by atoms with Crippen LogP contribution < -0.4 is 14.8 Å². The highest BCUT2D eigenvalue weighted by Crippen LogP contribution is 2.30. The van der Waals surface area contributed by atoms with Crippen LogP contribution in [0.4, 0.5) is 5.69 Å². The number of carbonyl (C=O) groups is 1. The Morgan fingerprint density at radius 2 is 1.78 bits per heavy atom. The Balaban J connectivity index is 1.80. The number of nitrogens with one attached hydrogen (secondary N) is 1. The fourth-order valence-electron chi connectivity index (χ4n) is 3.49. The lowest BCUT2D eigenvalue weighted by Crippen LogP contribution is -2.40. The lowest BCUT2D eigenvalue weighted by molar-refractivity contribution is -0.122. The van der Waals surface area contributed by atoms with Gasteiger partial charge in [0.15, 0.2) is 6.10 Å². The van der Waals surface area contributed by atoms with E-state index in [2.05, 4.69) is 11.4 Å². The molecule has 0 radical (unpaired) electrons. The predicted molar refractivity (Wildman–Crippen MR) is 122 cm³/mol. The standard InChI is InChI=1S/C23H30N2O6S/c1-15-12-16(2)17(3)21(13-15)31-18(4)23(26)24-19-6-7-20(29-5)22(14-19)32(27,28)25-8-10-30-11-9-25/h6-7,12-14,18H,8-11H2,1-5H3,(H,24,26)/t18-/m0/s1. The molecular weight excluding hydrogens is 432 g/mol. The summed E-state index contributed by atoms with van der Waals surface area (Å²) in [5.41, 5.74) is 3.44. The summed E-state index contributed by atoms with van der Waals surface area (Å²) in [5, 5.41) is 2.75. The molecule has 1 aliphatic rings. The van der Waals surface area contributed by atoms with Crippen LogP contribution in [0.25, 0.3) is 0 Å². The van der Waals surface area contributed by atoms with Crippen LogP contribution in [0.3, 0.4) is 0 Å². The summed E-state index contributed by atoms with van der Waals surface area (Å²) in [6, 6.07) is 8.50. The number of hydrogen-bond donors (Lipinski definition) is 1. The number of benzene rings is 2. The van der Waals surface area contributed by atoms with Gasteiger partial charge in [-0.2, -0.15) is 4.31 Å². The van der Waals surface area contributed by atoms with Gasteiger partial charge in [0.25, 0.3) is 5.91 Å². The van der Waals surface area contributed by atoms with E-state index >= 15 is 0 Å². The van der Waals surface area contributed by atoms with Crippen molar-refractivity contribution >= 4 is 21.6 Å². The van der Waals surface area contributed by atoms with E-state index in [0.717, 1.165) is 16.7 Å². The molecule has 0 saturated carbocycles. The first-order valence-corrected chi connectivity index (χ1v) is 11.9. The summed E-state index contributed by atoms with van der Waals surface area (Å²) in [4.78, 5) is 12.8. The van der Waals surface area contributed by atoms with Gasteiger partial charge in [0.05, 0.1) is 20.3 Å². The molecule has 0 unspecified atom stereocenters. The van der Waals surface area contributed by atoms with Gasteiger partial charge in [-0.3, -0.25) is 4.79 Å². The van der Waals surface area contributed by atoms with Crippen LogP contribution in [0, 0.1) is 20.8 Å². The second-order valence-corrected chi connectivity index (χ2v) is 9.74.